The molecule has 55 valence electrons. The van der Waals surface area contributed by atoms with Gasteiger partial charge in [-0.1, -0.05) is 24.3 Å². The first kappa shape index (κ1) is 6.47. The zero-order valence-corrected chi connectivity index (χ0v) is 6.54. The van der Waals surface area contributed by atoms with Crippen molar-refractivity contribution < 1.29 is 0 Å². The van der Waals surface area contributed by atoms with Crippen LogP contribution >= 0.6 is 0 Å². The zero-order valence-electron chi connectivity index (χ0n) is 6.54. The average molecular weight is 144 g/mol. The summed E-state index contributed by atoms with van der Waals surface area (Å²) in [6.07, 6.45) is 6.22. The highest BCUT2D eigenvalue weighted by molar-refractivity contribution is 5.56. The Labute approximate surface area is 67.0 Å². The molecule has 2 rings (SSSR count). The number of allylic oxidation sites excluding steroid dienone is 1. The Balaban J connectivity index is 2.50. The van der Waals surface area contributed by atoms with Crippen LogP contribution in [0.4, 0.5) is 5.69 Å². The molecule has 1 nitrogen and oxygen atoms in total. The lowest BCUT2D eigenvalue weighted by Gasteiger charge is -2.20. The van der Waals surface area contributed by atoms with E-state index in [-0.39, 0.29) is 0 Å². The molecule has 0 fully saturated rings. The summed E-state index contributed by atoms with van der Waals surface area (Å²) >= 11 is 0. The molecular weight excluding hydrogens is 134 g/mol. The maximum atomic E-state index is 3.15. The molecule has 0 N–H and O–H groups in total. The molecule has 0 aromatic heterocycles. The molecule has 0 atom stereocenters. The third-order valence-corrected chi connectivity index (χ3v) is 1.96. The van der Waals surface area contributed by atoms with Gasteiger partial charge in [-0.25, -0.2) is 0 Å². The van der Waals surface area contributed by atoms with Gasteiger partial charge in [-0.3, -0.25) is 0 Å². The standard InChI is InChI=1S/C10H10N/c1-11-8-4-6-9-5-2-3-7-10(9)11/h2-5,7H,6H2,1H3. The number of rotatable bonds is 0. The lowest BCUT2D eigenvalue weighted by Crippen LogP contribution is -2.14. The van der Waals surface area contributed by atoms with Crippen LogP contribution in [0.25, 0.3) is 0 Å². The van der Waals surface area contributed by atoms with Gasteiger partial charge in [-0.15, -0.1) is 0 Å². The van der Waals surface area contributed by atoms with Gasteiger partial charge in [0, 0.05) is 12.7 Å². The number of benzene rings is 1. The fourth-order valence-corrected chi connectivity index (χ4v) is 1.37. The van der Waals surface area contributed by atoms with Crippen molar-refractivity contribution in [2.24, 2.45) is 0 Å². The van der Waals surface area contributed by atoms with Gasteiger partial charge in [0.15, 0.2) is 0 Å². The normalized spacial score (nSPS) is 14.8. The van der Waals surface area contributed by atoms with Crippen molar-refractivity contribution in [2.75, 3.05) is 11.9 Å². The van der Waals surface area contributed by atoms with Crippen molar-refractivity contribution in [3.8, 4) is 0 Å². The van der Waals surface area contributed by atoms with Gasteiger partial charge >= 0.3 is 0 Å². The van der Waals surface area contributed by atoms with Gasteiger partial charge in [0.05, 0.1) is 6.20 Å². The summed E-state index contributed by atoms with van der Waals surface area (Å²) in [5, 5.41) is 0. The fourth-order valence-electron chi connectivity index (χ4n) is 1.37. The second-order valence-corrected chi connectivity index (χ2v) is 2.73. The predicted molar refractivity (Wildman–Crippen MR) is 46.4 cm³/mol. The molecule has 1 radical (unpaired) electrons. The van der Waals surface area contributed by atoms with Crippen LogP contribution in [0, 0.1) is 6.20 Å². The average Bonchev–Trinajstić information content (AvgIpc) is 2.06. The van der Waals surface area contributed by atoms with Crippen LogP contribution in [0.15, 0.2) is 30.3 Å². The molecule has 1 heteroatoms. The van der Waals surface area contributed by atoms with Crippen LogP contribution in [-0.2, 0) is 6.42 Å². The highest BCUT2D eigenvalue weighted by Gasteiger charge is 2.06. The number of hydrogen-bond donors (Lipinski definition) is 0. The van der Waals surface area contributed by atoms with E-state index in [1.165, 1.54) is 11.3 Å². The van der Waals surface area contributed by atoms with E-state index in [4.69, 9.17) is 0 Å². The van der Waals surface area contributed by atoms with Crippen molar-refractivity contribution in [1.29, 1.82) is 0 Å². The van der Waals surface area contributed by atoms with E-state index in [2.05, 4.69) is 36.5 Å². The minimum Gasteiger partial charge on any atom is -0.343 e. The Morgan fingerprint density at radius 3 is 3.00 bits per heavy atom. The quantitative estimate of drug-likeness (QED) is 0.538. The zero-order chi connectivity index (χ0) is 7.68. The van der Waals surface area contributed by atoms with Crippen molar-refractivity contribution >= 4 is 5.69 Å². The first-order valence-corrected chi connectivity index (χ1v) is 3.77. The van der Waals surface area contributed by atoms with Crippen LogP contribution in [0.3, 0.4) is 0 Å². The molecule has 0 amide bonds. The van der Waals surface area contributed by atoms with Crippen LogP contribution in [0.1, 0.15) is 5.56 Å². The summed E-state index contributed by atoms with van der Waals surface area (Å²) in [5.74, 6) is 0. The molecule has 11 heavy (non-hydrogen) atoms. The van der Waals surface area contributed by atoms with Gasteiger partial charge in [-0.2, -0.15) is 0 Å². The first-order valence-electron chi connectivity index (χ1n) is 3.77. The summed E-state index contributed by atoms with van der Waals surface area (Å²) < 4.78 is 0. The van der Waals surface area contributed by atoms with E-state index >= 15 is 0 Å². The molecule has 0 spiro atoms. The Kier molecular flexibility index (Phi) is 1.42. The van der Waals surface area contributed by atoms with Crippen molar-refractivity contribution in [1.82, 2.24) is 0 Å². The predicted octanol–water partition coefficient (Wildman–Crippen LogP) is 2.00. The number of nitrogens with zero attached hydrogens (tertiary/aromatic N) is 1. The Hall–Kier alpha value is -1.24. The highest BCUT2D eigenvalue weighted by Crippen LogP contribution is 2.22. The van der Waals surface area contributed by atoms with Crippen LogP contribution in [0.2, 0.25) is 0 Å². The van der Waals surface area contributed by atoms with Gasteiger partial charge in [0.25, 0.3) is 0 Å². The van der Waals surface area contributed by atoms with E-state index in [1.54, 1.807) is 0 Å². The summed E-state index contributed by atoms with van der Waals surface area (Å²) in [4.78, 5) is 2.03. The maximum absolute atomic E-state index is 3.15. The lowest BCUT2D eigenvalue weighted by molar-refractivity contribution is 1.06. The van der Waals surface area contributed by atoms with Crippen LogP contribution in [0.5, 0.6) is 0 Å². The number of fused-ring (bicyclic) bond motifs is 1. The molecule has 0 saturated heterocycles. The SMILES string of the molecule is CN1[C]=CCc2ccccc21. The molecule has 0 saturated carbocycles. The topological polar surface area (TPSA) is 3.24 Å². The smallest absolute Gasteiger partial charge is 0.0609 e. The molecule has 0 unspecified atom stereocenters. The monoisotopic (exact) mass is 144 g/mol. The van der Waals surface area contributed by atoms with E-state index in [0.717, 1.165) is 6.42 Å². The summed E-state index contributed by atoms with van der Waals surface area (Å²) in [5.41, 5.74) is 2.66. The molecule has 0 aliphatic carbocycles. The maximum Gasteiger partial charge on any atom is 0.0609 e. The van der Waals surface area contributed by atoms with Gasteiger partial charge < -0.3 is 4.90 Å². The third-order valence-electron chi connectivity index (χ3n) is 1.96. The van der Waals surface area contributed by atoms with Crippen molar-refractivity contribution in [3.05, 3.63) is 42.1 Å². The van der Waals surface area contributed by atoms with E-state index < -0.39 is 0 Å². The van der Waals surface area contributed by atoms with Gasteiger partial charge in [0.1, 0.15) is 0 Å². The van der Waals surface area contributed by atoms with E-state index in [1.807, 2.05) is 11.9 Å². The molecule has 1 aromatic carbocycles. The van der Waals surface area contributed by atoms with Gasteiger partial charge in [-0.05, 0) is 18.1 Å². The molecule has 1 heterocycles. The molecule has 0 bridgehead atoms. The van der Waals surface area contributed by atoms with Crippen molar-refractivity contribution in [3.63, 3.8) is 0 Å². The lowest BCUT2D eigenvalue weighted by atomic mass is 10.1. The summed E-state index contributed by atoms with van der Waals surface area (Å²) in [6.45, 7) is 0. The van der Waals surface area contributed by atoms with Crippen LogP contribution in [-0.4, -0.2) is 7.05 Å². The van der Waals surface area contributed by atoms with Gasteiger partial charge in [0.2, 0.25) is 0 Å². The number of para-hydroxylation sites is 1. The Bertz CT molecular complexity index is 289. The number of hydrogen-bond acceptors (Lipinski definition) is 1. The third kappa shape index (κ3) is 1.03. The van der Waals surface area contributed by atoms with Crippen LogP contribution < -0.4 is 4.90 Å². The summed E-state index contributed by atoms with van der Waals surface area (Å²) in [6, 6.07) is 8.41. The second kappa shape index (κ2) is 2.42. The molecular formula is C10H10N. The molecule has 1 aromatic rings. The fraction of sp³-hybridized carbons (Fsp3) is 0.200. The first-order chi connectivity index (χ1) is 5.38. The Morgan fingerprint density at radius 2 is 2.18 bits per heavy atom. The minimum atomic E-state index is 1.01. The van der Waals surface area contributed by atoms with E-state index in [9.17, 15) is 0 Å². The Morgan fingerprint density at radius 1 is 1.36 bits per heavy atom. The molecule has 1 aliphatic heterocycles. The second-order valence-electron chi connectivity index (χ2n) is 2.73. The largest absolute Gasteiger partial charge is 0.343 e. The summed E-state index contributed by atoms with van der Waals surface area (Å²) in [7, 11) is 2.02. The van der Waals surface area contributed by atoms with E-state index in [0.29, 0.717) is 0 Å². The highest BCUT2D eigenvalue weighted by atomic mass is 15.1. The number of anilines is 1. The molecule has 1 aliphatic rings. The van der Waals surface area contributed by atoms with Crippen molar-refractivity contribution in [2.45, 2.75) is 6.42 Å². The minimum absolute atomic E-state index is 1.01.